The highest BCUT2D eigenvalue weighted by Crippen LogP contribution is 2.28. The molecule has 4 rings (SSSR count). The minimum absolute atomic E-state index is 0.0637. The molecule has 2 heterocycles. The van der Waals surface area contributed by atoms with Crippen LogP contribution in [-0.4, -0.2) is 23.0 Å². The number of hydrogen-bond donors (Lipinski definition) is 1. The van der Waals surface area contributed by atoms with E-state index >= 15 is 0 Å². The lowest BCUT2D eigenvalue weighted by atomic mass is 10.1. The number of aryl methyl sites for hydroxylation is 1. The number of nitrogens with one attached hydrogen (secondary N) is 1. The summed E-state index contributed by atoms with van der Waals surface area (Å²) in [6.07, 6.45) is 0.0637. The topological polar surface area (TPSA) is 77.2 Å². The second kappa shape index (κ2) is 8.46. The predicted molar refractivity (Wildman–Crippen MR) is 113 cm³/mol. The lowest BCUT2D eigenvalue weighted by Crippen LogP contribution is -2.15. The van der Waals surface area contributed by atoms with Gasteiger partial charge in [0.05, 0.1) is 24.9 Å². The fraction of sp³-hybridized carbons (Fsp3) is 0.136. The number of hydrogen-bond acceptors (Lipinski definition) is 6. The molecule has 0 aliphatic rings. The molecule has 30 heavy (non-hydrogen) atoms. The first-order valence-corrected chi connectivity index (χ1v) is 10.0. The molecule has 0 spiro atoms. The Bertz CT molecular complexity index is 1190. The van der Waals surface area contributed by atoms with Gasteiger partial charge >= 0.3 is 0 Å². The number of aromatic nitrogens is 2. The smallest absolute Gasteiger partial charge is 0.232 e. The lowest BCUT2D eigenvalue weighted by molar-refractivity contribution is -0.115. The van der Waals surface area contributed by atoms with E-state index in [0.29, 0.717) is 33.7 Å². The molecule has 0 aliphatic carbocycles. The second-order valence-corrected chi connectivity index (χ2v) is 7.36. The van der Waals surface area contributed by atoms with Crippen LogP contribution in [0.3, 0.4) is 0 Å². The maximum absolute atomic E-state index is 13.9. The Hall–Kier alpha value is -3.52. The van der Waals surface area contributed by atoms with Crippen LogP contribution in [0.1, 0.15) is 11.5 Å². The van der Waals surface area contributed by atoms with Crippen molar-refractivity contribution in [1.82, 2.24) is 9.97 Å². The maximum atomic E-state index is 13.9. The van der Waals surface area contributed by atoms with Crippen LogP contribution < -0.4 is 10.1 Å². The summed E-state index contributed by atoms with van der Waals surface area (Å²) in [6, 6.07) is 14.1. The number of methoxy groups -OCH3 is 1. The highest BCUT2D eigenvalue weighted by atomic mass is 32.1. The summed E-state index contributed by atoms with van der Waals surface area (Å²) in [5, 5.41) is 4.94. The average Bonchev–Trinajstić information content (AvgIpc) is 3.35. The number of ether oxygens (including phenoxy) is 1. The standard InChI is InChI=1S/C22H18FN3O3S/c1-13-17(24-21(29-13)14-6-4-3-5-7-14)11-20(27)26-22-25-18(12-30-22)15-8-9-19(28-2)16(23)10-15/h3-10,12H,11H2,1-2H3,(H,25,26,27). The van der Waals surface area contributed by atoms with Crippen LogP contribution in [0.25, 0.3) is 22.7 Å². The molecule has 0 aliphatic heterocycles. The fourth-order valence-electron chi connectivity index (χ4n) is 2.90. The van der Waals surface area contributed by atoms with Gasteiger partial charge < -0.3 is 14.5 Å². The molecule has 1 N–H and O–H groups in total. The number of amides is 1. The van der Waals surface area contributed by atoms with E-state index in [0.717, 1.165) is 5.56 Å². The second-order valence-electron chi connectivity index (χ2n) is 6.50. The van der Waals surface area contributed by atoms with E-state index in [1.54, 1.807) is 24.4 Å². The van der Waals surface area contributed by atoms with E-state index < -0.39 is 5.82 Å². The van der Waals surface area contributed by atoms with Crippen molar-refractivity contribution in [3.05, 3.63) is 71.2 Å². The van der Waals surface area contributed by atoms with E-state index in [1.807, 2.05) is 30.3 Å². The summed E-state index contributed by atoms with van der Waals surface area (Å²) < 4.78 is 24.5. The SMILES string of the molecule is COc1ccc(-c2csc(NC(=O)Cc3nc(-c4ccccc4)oc3C)n2)cc1F. The molecule has 8 heteroatoms. The third-order valence-corrected chi connectivity index (χ3v) is 5.20. The Labute approximate surface area is 176 Å². The molecule has 152 valence electrons. The Morgan fingerprint density at radius 2 is 1.97 bits per heavy atom. The maximum Gasteiger partial charge on any atom is 0.232 e. The molecule has 0 saturated heterocycles. The van der Waals surface area contributed by atoms with Gasteiger partial charge in [-0.3, -0.25) is 4.79 Å². The van der Waals surface area contributed by atoms with Gasteiger partial charge in [-0.15, -0.1) is 11.3 Å². The van der Waals surface area contributed by atoms with Crippen molar-refractivity contribution >= 4 is 22.4 Å². The summed E-state index contributed by atoms with van der Waals surface area (Å²) in [6.45, 7) is 1.78. The largest absolute Gasteiger partial charge is 0.494 e. The van der Waals surface area contributed by atoms with Crippen LogP contribution in [0.15, 0.2) is 58.3 Å². The molecule has 0 fully saturated rings. The van der Waals surface area contributed by atoms with E-state index in [4.69, 9.17) is 9.15 Å². The van der Waals surface area contributed by atoms with Crippen molar-refractivity contribution in [2.24, 2.45) is 0 Å². The van der Waals surface area contributed by atoms with Crippen molar-refractivity contribution in [2.45, 2.75) is 13.3 Å². The minimum atomic E-state index is -0.468. The van der Waals surface area contributed by atoms with Gasteiger partial charge in [-0.1, -0.05) is 18.2 Å². The van der Waals surface area contributed by atoms with Crippen LogP contribution in [0.2, 0.25) is 0 Å². The quantitative estimate of drug-likeness (QED) is 0.467. The molecule has 2 aromatic heterocycles. The molecule has 0 saturated carbocycles. The highest BCUT2D eigenvalue weighted by Gasteiger charge is 2.16. The summed E-state index contributed by atoms with van der Waals surface area (Å²) in [4.78, 5) is 21.3. The van der Waals surface area contributed by atoms with Crippen LogP contribution >= 0.6 is 11.3 Å². The first-order valence-electron chi connectivity index (χ1n) is 9.14. The van der Waals surface area contributed by atoms with Crippen LogP contribution in [0, 0.1) is 12.7 Å². The number of carbonyl (C=O) groups excluding carboxylic acids is 1. The molecule has 0 atom stereocenters. The number of carbonyl (C=O) groups is 1. The molecule has 1 amide bonds. The van der Waals surface area contributed by atoms with E-state index in [-0.39, 0.29) is 18.1 Å². The summed E-state index contributed by atoms with van der Waals surface area (Å²) in [5.41, 5.74) is 2.59. The fourth-order valence-corrected chi connectivity index (χ4v) is 3.64. The Morgan fingerprint density at radius 1 is 1.17 bits per heavy atom. The average molecular weight is 423 g/mol. The molecule has 0 radical (unpaired) electrons. The van der Waals surface area contributed by atoms with Gasteiger partial charge in [-0.05, 0) is 37.3 Å². The van der Waals surface area contributed by atoms with Gasteiger partial charge in [0.1, 0.15) is 5.76 Å². The number of benzene rings is 2. The number of rotatable bonds is 6. The molecule has 6 nitrogen and oxygen atoms in total. The molecule has 0 unspecified atom stereocenters. The molecular formula is C22H18FN3O3S. The van der Waals surface area contributed by atoms with Gasteiger partial charge in [0.25, 0.3) is 0 Å². The highest BCUT2D eigenvalue weighted by molar-refractivity contribution is 7.14. The molecule has 2 aromatic carbocycles. The number of anilines is 1. The number of halogens is 1. The predicted octanol–water partition coefficient (Wildman–Crippen LogP) is 5.10. The monoisotopic (exact) mass is 423 g/mol. The van der Waals surface area contributed by atoms with Crippen LogP contribution in [0.4, 0.5) is 9.52 Å². The molecular weight excluding hydrogens is 405 g/mol. The number of thiazole rings is 1. The third-order valence-electron chi connectivity index (χ3n) is 4.44. The van der Waals surface area contributed by atoms with Gasteiger partial charge in [0.15, 0.2) is 16.7 Å². The Balaban J connectivity index is 1.44. The summed E-state index contributed by atoms with van der Waals surface area (Å²) in [5.74, 6) is 0.518. The van der Waals surface area contributed by atoms with Gasteiger partial charge in [-0.25, -0.2) is 14.4 Å². The zero-order valence-corrected chi connectivity index (χ0v) is 17.1. The van der Waals surface area contributed by atoms with Crippen molar-refractivity contribution in [3.63, 3.8) is 0 Å². The van der Waals surface area contributed by atoms with E-state index in [1.165, 1.54) is 24.5 Å². The van der Waals surface area contributed by atoms with E-state index in [2.05, 4.69) is 15.3 Å². The van der Waals surface area contributed by atoms with Gasteiger partial charge in [0, 0.05) is 16.5 Å². The molecule has 4 aromatic rings. The zero-order chi connectivity index (χ0) is 21.1. The van der Waals surface area contributed by atoms with Crippen molar-refractivity contribution in [2.75, 3.05) is 12.4 Å². The van der Waals surface area contributed by atoms with Crippen molar-refractivity contribution in [3.8, 4) is 28.5 Å². The normalized spacial score (nSPS) is 10.8. The summed E-state index contributed by atoms with van der Waals surface area (Å²) in [7, 11) is 1.41. The van der Waals surface area contributed by atoms with Crippen molar-refractivity contribution in [1.29, 1.82) is 0 Å². The third kappa shape index (κ3) is 4.23. The number of oxazole rings is 1. The first kappa shape index (κ1) is 19.8. The van der Waals surface area contributed by atoms with Gasteiger partial charge in [-0.2, -0.15) is 0 Å². The summed E-state index contributed by atoms with van der Waals surface area (Å²) >= 11 is 1.26. The lowest BCUT2D eigenvalue weighted by Gasteiger charge is -2.03. The Kier molecular flexibility index (Phi) is 5.58. The van der Waals surface area contributed by atoms with Crippen LogP contribution in [0.5, 0.6) is 5.75 Å². The minimum Gasteiger partial charge on any atom is -0.494 e. The van der Waals surface area contributed by atoms with Crippen molar-refractivity contribution < 1.29 is 18.3 Å². The first-order chi connectivity index (χ1) is 14.5. The number of nitrogens with zero attached hydrogens (tertiary/aromatic N) is 2. The van der Waals surface area contributed by atoms with Crippen LogP contribution in [-0.2, 0) is 11.2 Å². The van der Waals surface area contributed by atoms with Gasteiger partial charge in [0.2, 0.25) is 11.8 Å². The molecule has 0 bridgehead atoms. The Morgan fingerprint density at radius 3 is 2.70 bits per heavy atom. The van der Waals surface area contributed by atoms with E-state index in [9.17, 15) is 9.18 Å². The zero-order valence-electron chi connectivity index (χ0n) is 16.3.